The largest absolute Gasteiger partial charge is 0.464 e. The van der Waals surface area contributed by atoms with Crippen LogP contribution in [0.15, 0.2) is 12.3 Å². The standard InChI is InChI=1S/C11H14N4O2S/c1-7-9(10(16)17-3)14-11(18-7)12-6-8-4-5-13-15(8)2/h4-5H,6H2,1-3H3,(H,12,14). The van der Waals surface area contributed by atoms with E-state index in [1.807, 2.05) is 20.0 Å². The molecule has 0 amide bonds. The highest BCUT2D eigenvalue weighted by atomic mass is 32.1. The molecule has 18 heavy (non-hydrogen) atoms. The van der Waals surface area contributed by atoms with Gasteiger partial charge in [0.2, 0.25) is 0 Å². The molecule has 0 aliphatic heterocycles. The van der Waals surface area contributed by atoms with Gasteiger partial charge in [0, 0.05) is 18.1 Å². The van der Waals surface area contributed by atoms with Crippen LogP contribution in [-0.2, 0) is 18.3 Å². The van der Waals surface area contributed by atoms with Crippen LogP contribution in [0.2, 0.25) is 0 Å². The number of hydrogen-bond acceptors (Lipinski definition) is 6. The average Bonchev–Trinajstić information content (AvgIpc) is 2.92. The summed E-state index contributed by atoms with van der Waals surface area (Å²) in [6.45, 7) is 2.46. The highest BCUT2D eigenvalue weighted by Crippen LogP contribution is 2.23. The van der Waals surface area contributed by atoms with E-state index in [-0.39, 0.29) is 0 Å². The number of methoxy groups -OCH3 is 1. The Labute approximate surface area is 109 Å². The van der Waals surface area contributed by atoms with Crippen molar-refractivity contribution in [3.8, 4) is 0 Å². The minimum Gasteiger partial charge on any atom is -0.464 e. The molecule has 0 aliphatic carbocycles. The molecule has 7 heteroatoms. The maximum Gasteiger partial charge on any atom is 0.357 e. The lowest BCUT2D eigenvalue weighted by atomic mass is 10.4. The second-order valence-electron chi connectivity index (χ2n) is 3.72. The first-order valence-corrected chi connectivity index (χ1v) is 6.20. The van der Waals surface area contributed by atoms with Gasteiger partial charge in [0.05, 0.1) is 19.3 Å². The molecule has 2 aromatic heterocycles. The van der Waals surface area contributed by atoms with E-state index in [0.29, 0.717) is 17.4 Å². The quantitative estimate of drug-likeness (QED) is 0.851. The molecular formula is C11H14N4O2S. The van der Waals surface area contributed by atoms with Crippen molar-refractivity contribution in [2.45, 2.75) is 13.5 Å². The predicted molar refractivity (Wildman–Crippen MR) is 68.7 cm³/mol. The van der Waals surface area contributed by atoms with E-state index in [2.05, 4.69) is 20.1 Å². The second kappa shape index (κ2) is 5.18. The number of aryl methyl sites for hydroxylation is 2. The summed E-state index contributed by atoms with van der Waals surface area (Å²) >= 11 is 1.43. The molecule has 0 aromatic carbocycles. The maximum atomic E-state index is 11.4. The number of nitrogens with one attached hydrogen (secondary N) is 1. The molecule has 6 nitrogen and oxygen atoms in total. The van der Waals surface area contributed by atoms with Gasteiger partial charge < -0.3 is 10.1 Å². The zero-order valence-corrected chi connectivity index (χ0v) is 11.2. The number of hydrogen-bond donors (Lipinski definition) is 1. The number of esters is 1. The lowest BCUT2D eigenvalue weighted by molar-refractivity contribution is 0.0594. The molecule has 0 saturated carbocycles. The van der Waals surface area contributed by atoms with Gasteiger partial charge in [-0.05, 0) is 13.0 Å². The molecule has 96 valence electrons. The van der Waals surface area contributed by atoms with E-state index < -0.39 is 5.97 Å². The normalized spacial score (nSPS) is 10.4. The van der Waals surface area contributed by atoms with Gasteiger partial charge in [-0.25, -0.2) is 9.78 Å². The van der Waals surface area contributed by atoms with Crippen molar-refractivity contribution in [2.24, 2.45) is 7.05 Å². The summed E-state index contributed by atoms with van der Waals surface area (Å²) in [5.74, 6) is -0.405. The lowest BCUT2D eigenvalue weighted by Crippen LogP contribution is -2.06. The predicted octanol–water partition coefficient (Wildman–Crippen LogP) is 1.58. The SMILES string of the molecule is COC(=O)c1nc(NCc2ccnn2C)sc1C. The third kappa shape index (κ3) is 2.51. The number of ether oxygens (including phenoxy) is 1. The van der Waals surface area contributed by atoms with Crippen molar-refractivity contribution < 1.29 is 9.53 Å². The van der Waals surface area contributed by atoms with Crippen molar-refractivity contribution in [1.82, 2.24) is 14.8 Å². The average molecular weight is 266 g/mol. The van der Waals surface area contributed by atoms with Gasteiger partial charge in [0.1, 0.15) is 0 Å². The van der Waals surface area contributed by atoms with Gasteiger partial charge in [-0.15, -0.1) is 11.3 Å². The van der Waals surface area contributed by atoms with Crippen LogP contribution in [0.4, 0.5) is 5.13 Å². The molecule has 0 radical (unpaired) electrons. The lowest BCUT2D eigenvalue weighted by Gasteiger charge is -2.02. The fourth-order valence-corrected chi connectivity index (χ4v) is 2.30. The van der Waals surface area contributed by atoms with Crippen LogP contribution >= 0.6 is 11.3 Å². The Balaban J connectivity index is 2.07. The van der Waals surface area contributed by atoms with Gasteiger partial charge in [0.15, 0.2) is 10.8 Å². The zero-order valence-electron chi connectivity index (χ0n) is 10.4. The van der Waals surface area contributed by atoms with Crippen molar-refractivity contribution in [3.63, 3.8) is 0 Å². The zero-order chi connectivity index (χ0) is 13.1. The topological polar surface area (TPSA) is 69.0 Å². The Morgan fingerprint density at radius 1 is 1.61 bits per heavy atom. The van der Waals surface area contributed by atoms with E-state index in [1.54, 1.807) is 10.9 Å². The van der Waals surface area contributed by atoms with E-state index >= 15 is 0 Å². The number of carbonyl (C=O) groups excluding carboxylic acids is 1. The summed E-state index contributed by atoms with van der Waals surface area (Å²) in [5, 5.41) is 7.95. The number of carbonyl (C=O) groups is 1. The first kappa shape index (κ1) is 12.6. The Kier molecular flexibility index (Phi) is 3.61. The highest BCUT2D eigenvalue weighted by Gasteiger charge is 2.15. The number of rotatable bonds is 4. The molecule has 2 rings (SSSR count). The van der Waals surface area contributed by atoms with Gasteiger partial charge in [-0.2, -0.15) is 5.10 Å². The Morgan fingerprint density at radius 2 is 2.39 bits per heavy atom. The number of thiazole rings is 1. The fraction of sp³-hybridized carbons (Fsp3) is 0.364. The molecule has 0 unspecified atom stereocenters. The molecule has 0 bridgehead atoms. The summed E-state index contributed by atoms with van der Waals surface area (Å²) in [4.78, 5) is 16.5. The molecule has 0 saturated heterocycles. The van der Waals surface area contributed by atoms with Gasteiger partial charge in [-0.1, -0.05) is 0 Å². The molecule has 0 fully saturated rings. The van der Waals surface area contributed by atoms with E-state index in [9.17, 15) is 4.79 Å². The molecule has 0 spiro atoms. The van der Waals surface area contributed by atoms with Gasteiger partial charge >= 0.3 is 5.97 Å². The summed E-state index contributed by atoms with van der Waals surface area (Å²) in [6, 6.07) is 1.93. The van der Waals surface area contributed by atoms with Crippen LogP contribution in [0.1, 0.15) is 21.1 Å². The van der Waals surface area contributed by atoms with Gasteiger partial charge in [-0.3, -0.25) is 4.68 Å². The van der Waals surface area contributed by atoms with E-state index in [0.717, 1.165) is 10.6 Å². The minimum atomic E-state index is -0.405. The fourth-order valence-electron chi connectivity index (χ4n) is 1.50. The number of nitrogens with zero attached hydrogens (tertiary/aromatic N) is 3. The smallest absolute Gasteiger partial charge is 0.357 e. The number of aromatic nitrogens is 3. The van der Waals surface area contributed by atoms with Crippen LogP contribution < -0.4 is 5.32 Å². The Morgan fingerprint density at radius 3 is 3.00 bits per heavy atom. The third-order valence-electron chi connectivity index (χ3n) is 2.52. The van der Waals surface area contributed by atoms with Crippen molar-refractivity contribution in [2.75, 3.05) is 12.4 Å². The van der Waals surface area contributed by atoms with Crippen molar-refractivity contribution >= 4 is 22.4 Å². The Hall–Kier alpha value is -1.89. The Bertz CT molecular complexity index is 561. The third-order valence-corrected chi connectivity index (χ3v) is 3.45. The van der Waals surface area contributed by atoms with Crippen LogP contribution in [-0.4, -0.2) is 27.8 Å². The summed E-state index contributed by atoms with van der Waals surface area (Å²) in [6.07, 6.45) is 1.74. The summed E-state index contributed by atoms with van der Waals surface area (Å²) in [7, 11) is 3.23. The van der Waals surface area contributed by atoms with Crippen LogP contribution in [0, 0.1) is 6.92 Å². The maximum absolute atomic E-state index is 11.4. The highest BCUT2D eigenvalue weighted by molar-refractivity contribution is 7.15. The first-order valence-electron chi connectivity index (χ1n) is 5.38. The molecule has 2 aromatic rings. The van der Waals surface area contributed by atoms with E-state index in [1.165, 1.54) is 18.4 Å². The van der Waals surface area contributed by atoms with Crippen LogP contribution in [0.5, 0.6) is 0 Å². The van der Waals surface area contributed by atoms with Crippen molar-refractivity contribution in [1.29, 1.82) is 0 Å². The molecule has 0 atom stereocenters. The van der Waals surface area contributed by atoms with Crippen LogP contribution in [0.25, 0.3) is 0 Å². The number of anilines is 1. The monoisotopic (exact) mass is 266 g/mol. The molecule has 2 heterocycles. The first-order chi connectivity index (χ1) is 8.61. The van der Waals surface area contributed by atoms with Gasteiger partial charge in [0.25, 0.3) is 0 Å². The van der Waals surface area contributed by atoms with E-state index in [4.69, 9.17) is 0 Å². The summed E-state index contributed by atoms with van der Waals surface area (Å²) < 4.78 is 6.45. The van der Waals surface area contributed by atoms with Crippen LogP contribution in [0.3, 0.4) is 0 Å². The minimum absolute atomic E-state index is 0.370. The molecule has 1 N–H and O–H groups in total. The second-order valence-corrected chi connectivity index (χ2v) is 4.92. The summed E-state index contributed by atoms with van der Waals surface area (Å²) in [5.41, 5.74) is 1.41. The molecule has 0 aliphatic rings. The van der Waals surface area contributed by atoms with Crippen molar-refractivity contribution in [3.05, 3.63) is 28.5 Å². The molecular weight excluding hydrogens is 252 g/mol.